The summed E-state index contributed by atoms with van der Waals surface area (Å²) < 4.78 is 0. The third kappa shape index (κ3) is 3.18. The molecular weight excluding hydrogens is 296 g/mol. The van der Waals surface area contributed by atoms with Gasteiger partial charge in [-0.05, 0) is 67.9 Å². The van der Waals surface area contributed by atoms with Gasteiger partial charge in [-0.15, -0.1) is 0 Å². The molecule has 0 amide bonds. The van der Waals surface area contributed by atoms with Crippen LogP contribution >= 0.6 is 0 Å². The summed E-state index contributed by atoms with van der Waals surface area (Å²) in [5, 5.41) is 12.7. The maximum Gasteiger partial charge on any atom is 0.0471 e. The van der Waals surface area contributed by atoms with Crippen LogP contribution in [0.15, 0.2) is 30.3 Å². The standard InChI is InChI=1S/C21H26N2O/c24-13-12-15-8-10-17(11-9-15)22-21-14-20(16-4-1-2-5-16)23-19-7-3-6-18(19)21/h8-11,14,16,24H,1-7,12-13H2,(H,22,23). The molecule has 0 aliphatic heterocycles. The fourth-order valence-corrected chi connectivity index (χ4v) is 4.15. The van der Waals surface area contributed by atoms with E-state index in [1.807, 2.05) is 0 Å². The maximum atomic E-state index is 9.04. The second-order valence-corrected chi connectivity index (χ2v) is 7.15. The number of nitrogens with one attached hydrogen (secondary N) is 1. The van der Waals surface area contributed by atoms with Gasteiger partial charge in [0.05, 0.1) is 0 Å². The second-order valence-electron chi connectivity index (χ2n) is 7.15. The first-order valence-electron chi connectivity index (χ1n) is 9.33. The largest absolute Gasteiger partial charge is 0.396 e. The van der Waals surface area contributed by atoms with Gasteiger partial charge in [0.25, 0.3) is 0 Å². The number of hydrogen-bond donors (Lipinski definition) is 2. The highest BCUT2D eigenvalue weighted by molar-refractivity contribution is 5.65. The Morgan fingerprint density at radius 3 is 2.58 bits per heavy atom. The van der Waals surface area contributed by atoms with E-state index in [2.05, 4.69) is 35.6 Å². The Morgan fingerprint density at radius 1 is 1.04 bits per heavy atom. The quantitative estimate of drug-likeness (QED) is 0.851. The first-order valence-corrected chi connectivity index (χ1v) is 9.33. The number of benzene rings is 1. The highest BCUT2D eigenvalue weighted by Crippen LogP contribution is 2.38. The van der Waals surface area contributed by atoms with E-state index in [-0.39, 0.29) is 6.61 Å². The highest BCUT2D eigenvalue weighted by atomic mass is 16.2. The average molecular weight is 322 g/mol. The van der Waals surface area contributed by atoms with Gasteiger partial charge in [0, 0.05) is 35.3 Å². The predicted octanol–water partition coefficient (Wildman–Crippen LogP) is 4.51. The minimum atomic E-state index is 0.204. The molecule has 2 aliphatic rings. The van der Waals surface area contributed by atoms with Crippen LogP contribution in [0.1, 0.15) is 60.5 Å². The summed E-state index contributed by atoms with van der Waals surface area (Å²) in [6.45, 7) is 0.204. The van der Waals surface area contributed by atoms with Crippen molar-refractivity contribution >= 4 is 11.4 Å². The molecule has 0 spiro atoms. The number of pyridine rings is 1. The van der Waals surface area contributed by atoms with Gasteiger partial charge in [-0.3, -0.25) is 4.98 Å². The lowest BCUT2D eigenvalue weighted by molar-refractivity contribution is 0.299. The molecule has 24 heavy (non-hydrogen) atoms. The summed E-state index contributed by atoms with van der Waals surface area (Å²) in [4.78, 5) is 5.01. The maximum absolute atomic E-state index is 9.04. The van der Waals surface area contributed by atoms with Gasteiger partial charge in [-0.1, -0.05) is 25.0 Å². The van der Waals surface area contributed by atoms with Crippen LogP contribution in [0.5, 0.6) is 0 Å². The van der Waals surface area contributed by atoms with Gasteiger partial charge >= 0.3 is 0 Å². The van der Waals surface area contributed by atoms with Crippen LogP contribution in [0.4, 0.5) is 11.4 Å². The summed E-state index contributed by atoms with van der Waals surface area (Å²) in [5.41, 5.74) is 7.58. The summed E-state index contributed by atoms with van der Waals surface area (Å²) in [7, 11) is 0. The molecule has 1 aromatic carbocycles. The van der Waals surface area contributed by atoms with Crippen molar-refractivity contribution in [1.82, 2.24) is 4.98 Å². The molecule has 1 heterocycles. The topological polar surface area (TPSA) is 45.1 Å². The van der Waals surface area contributed by atoms with E-state index in [0.29, 0.717) is 5.92 Å². The second kappa shape index (κ2) is 6.94. The van der Waals surface area contributed by atoms with Gasteiger partial charge in [-0.25, -0.2) is 0 Å². The zero-order chi connectivity index (χ0) is 16.4. The molecule has 1 saturated carbocycles. The van der Waals surface area contributed by atoms with Crippen LogP contribution < -0.4 is 5.32 Å². The number of nitrogens with zero attached hydrogens (tertiary/aromatic N) is 1. The number of aliphatic hydroxyl groups is 1. The number of fused-ring (bicyclic) bond motifs is 1. The summed E-state index contributed by atoms with van der Waals surface area (Å²) in [6, 6.07) is 10.7. The Balaban J connectivity index is 1.61. The lowest BCUT2D eigenvalue weighted by Crippen LogP contribution is -2.04. The van der Waals surface area contributed by atoms with Crippen LogP contribution in [-0.2, 0) is 19.3 Å². The van der Waals surface area contributed by atoms with E-state index in [9.17, 15) is 0 Å². The van der Waals surface area contributed by atoms with Crippen molar-refractivity contribution < 1.29 is 5.11 Å². The molecule has 3 nitrogen and oxygen atoms in total. The molecule has 4 rings (SSSR count). The molecule has 0 bridgehead atoms. The van der Waals surface area contributed by atoms with Crippen LogP contribution in [0.2, 0.25) is 0 Å². The number of hydrogen-bond acceptors (Lipinski definition) is 3. The SMILES string of the molecule is OCCc1ccc(Nc2cc(C3CCCC3)nc3c2CCC3)cc1. The van der Waals surface area contributed by atoms with Crippen LogP contribution in [0.3, 0.4) is 0 Å². The molecule has 126 valence electrons. The molecule has 2 N–H and O–H groups in total. The summed E-state index contributed by atoms with van der Waals surface area (Å²) in [6.07, 6.45) is 9.48. The van der Waals surface area contributed by atoms with Crippen molar-refractivity contribution in [3.63, 3.8) is 0 Å². The first kappa shape index (κ1) is 15.6. The summed E-state index contributed by atoms with van der Waals surface area (Å²) >= 11 is 0. The van der Waals surface area contributed by atoms with Gasteiger partial charge in [0.2, 0.25) is 0 Å². The molecule has 0 unspecified atom stereocenters. The van der Waals surface area contributed by atoms with Crippen LogP contribution in [0.25, 0.3) is 0 Å². The zero-order valence-corrected chi connectivity index (χ0v) is 14.2. The smallest absolute Gasteiger partial charge is 0.0471 e. The molecule has 0 radical (unpaired) electrons. The third-order valence-electron chi connectivity index (χ3n) is 5.48. The fraction of sp³-hybridized carbons (Fsp3) is 0.476. The Kier molecular flexibility index (Phi) is 4.52. The van der Waals surface area contributed by atoms with Crippen LogP contribution in [-0.4, -0.2) is 16.7 Å². The lowest BCUT2D eigenvalue weighted by atomic mass is 10.0. The summed E-state index contributed by atoms with van der Waals surface area (Å²) in [5.74, 6) is 0.656. The van der Waals surface area contributed by atoms with Gasteiger partial charge < -0.3 is 10.4 Å². The molecule has 3 heteroatoms. The van der Waals surface area contributed by atoms with Crippen molar-refractivity contribution in [3.8, 4) is 0 Å². The molecule has 2 aromatic rings. The van der Waals surface area contributed by atoms with Crippen LogP contribution in [0, 0.1) is 0 Å². The third-order valence-corrected chi connectivity index (χ3v) is 5.48. The van der Waals surface area contributed by atoms with Crippen molar-refractivity contribution in [2.45, 2.75) is 57.3 Å². The molecule has 0 atom stereocenters. The monoisotopic (exact) mass is 322 g/mol. The predicted molar refractivity (Wildman–Crippen MR) is 98.0 cm³/mol. The molecule has 2 aliphatic carbocycles. The normalized spacial score (nSPS) is 17.2. The van der Waals surface area contributed by atoms with Crippen molar-refractivity contribution in [3.05, 3.63) is 52.8 Å². The number of aryl methyl sites for hydroxylation is 1. The number of aromatic nitrogens is 1. The average Bonchev–Trinajstić information content (AvgIpc) is 3.28. The molecule has 1 fully saturated rings. The van der Waals surface area contributed by atoms with E-state index < -0.39 is 0 Å². The number of anilines is 2. The van der Waals surface area contributed by atoms with Crippen molar-refractivity contribution in [1.29, 1.82) is 0 Å². The van der Waals surface area contributed by atoms with Gasteiger partial charge in [-0.2, -0.15) is 0 Å². The zero-order valence-electron chi connectivity index (χ0n) is 14.2. The Labute approximate surface area is 144 Å². The van der Waals surface area contributed by atoms with E-state index in [0.717, 1.165) is 24.9 Å². The molecule has 1 aromatic heterocycles. The van der Waals surface area contributed by atoms with Crippen molar-refractivity contribution in [2.75, 3.05) is 11.9 Å². The number of aliphatic hydroxyl groups excluding tert-OH is 1. The molecular formula is C21H26N2O. The Hall–Kier alpha value is -1.87. The minimum Gasteiger partial charge on any atom is -0.396 e. The van der Waals surface area contributed by atoms with Crippen molar-refractivity contribution in [2.24, 2.45) is 0 Å². The highest BCUT2D eigenvalue weighted by Gasteiger charge is 2.23. The fourth-order valence-electron chi connectivity index (χ4n) is 4.15. The lowest BCUT2D eigenvalue weighted by Gasteiger charge is -2.16. The number of rotatable bonds is 5. The first-order chi connectivity index (χ1) is 11.8. The van der Waals surface area contributed by atoms with E-state index in [1.54, 1.807) is 0 Å². The molecule has 0 saturated heterocycles. The van der Waals surface area contributed by atoms with Gasteiger partial charge in [0.15, 0.2) is 0 Å². The van der Waals surface area contributed by atoms with E-state index in [4.69, 9.17) is 10.1 Å². The Bertz CT molecular complexity index is 703. The minimum absolute atomic E-state index is 0.204. The van der Waals surface area contributed by atoms with E-state index in [1.165, 1.54) is 60.3 Å². The van der Waals surface area contributed by atoms with Gasteiger partial charge in [0.1, 0.15) is 0 Å². The van der Waals surface area contributed by atoms with E-state index >= 15 is 0 Å². The Morgan fingerprint density at radius 2 is 1.83 bits per heavy atom.